The minimum atomic E-state index is -0.0209. The van der Waals surface area contributed by atoms with Crippen molar-refractivity contribution in [3.05, 3.63) is 28.6 Å². The van der Waals surface area contributed by atoms with Crippen LogP contribution < -0.4 is 0 Å². The quantitative estimate of drug-likeness (QED) is 0.624. The van der Waals surface area contributed by atoms with Gasteiger partial charge >= 0.3 is 0 Å². The third-order valence-electron chi connectivity index (χ3n) is 3.76. The standard InChI is InChI=1S/C16H23BrO2/c1-3-5-9-16(10-6-4-2)12-13(17)15(19-16)14-8-7-11-18-14/h7-8,11H,3-6,9-10,12H2,1-2H3. The van der Waals surface area contributed by atoms with E-state index in [0.29, 0.717) is 0 Å². The van der Waals surface area contributed by atoms with Gasteiger partial charge in [-0.15, -0.1) is 0 Å². The van der Waals surface area contributed by atoms with Crippen LogP contribution in [0.1, 0.15) is 64.6 Å². The zero-order chi connectivity index (χ0) is 13.7. The van der Waals surface area contributed by atoms with Gasteiger partial charge in [0.1, 0.15) is 5.60 Å². The van der Waals surface area contributed by atoms with E-state index in [0.717, 1.165) is 35.3 Å². The highest BCUT2D eigenvalue weighted by Gasteiger charge is 2.40. The van der Waals surface area contributed by atoms with Crippen LogP contribution in [0.2, 0.25) is 0 Å². The number of furan rings is 1. The van der Waals surface area contributed by atoms with Crippen molar-refractivity contribution in [2.45, 2.75) is 64.4 Å². The molecular formula is C16H23BrO2. The van der Waals surface area contributed by atoms with Gasteiger partial charge in [-0.1, -0.05) is 42.6 Å². The van der Waals surface area contributed by atoms with Crippen molar-refractivity contribution in [1.82, 2.24) is 0 Å². The lowest BCUT2D eigenvalue weighted by Crippen LogP contribution is -2.28. The summed E-state index contributed by atoms with van der Waals surface area (Å²) >= 11 is 3.68. The molecule has 1 aromatic heterocycles. The van der Waals surface area contributed by atoms with E-state index in [2.05, 4.69) is 29.8 Å². The predicted molar refractivity (Wildman–Crippen MR) is 82.0 cm³/mol. The molecule has 106 valence electrons. The molecule has 1 aromatic rings. The Morgan fingerprint density at radius 1 is 1.21 bits per heavy atom. The van der Waals surface area contributed by atoms with E-state index in [9.17, 15) is 0 Å². The highest BCUT2D eigenvalue weighted by atomic mass is 79.9. The van der Waals surface area contributed by atoms with Crippen molar-refractivity contribution < 1.29 is 9.15 Å². The van der Waals surface area contributed by atoms with Crippen LogP contribution >= 0.6 is 15.9 Å². The summed E-state index contributed by atoms with van der Waals surface area (Å²) in [7, 11) is 0. The summed E-state index contributed by atoms with van der Waals surface area (Å²) in [6.45, 7) is 4.47. The van der Waals surface area contributed by atoms with E-state index in [1.165, 1.54) is 25.7 Å². The fraction of sp³-hybridized carbons (Fsp3) is 0.625. The van der Waals surface area contributed by atoms with E-state index >= 15 is 0 Å². The first-order chi connectivity index (χ1) is 9.21. The van der Waals surface area contributed by atoms with Crippen molar-refractivity contribution in [1.29, 1.82) is 0 Å². The summed E-state index contributed by atoms with van der Waals surface area (Å²) in [5.74, 6) is 1.74. The highest BCUT2D eigenvalue weighted by Crippen LogP contribution is 2.46. The Kier molecular flexibility index (Phi) is 5.14. The van der Waals surface area contributed by atoms with Gasteiger partial charge in [0.25, 0.3) is 0 Å². The highest BCUT2D eigenvalue weighted by molar-refractivity contribution is 9.11. The van der Waals surface area contributed by atoms with Gasteiger partial charge in [0.05, 0.1) is 6.26 Å². The second-order valence-corrected chi connectivity index (χ2v) is 6.34. The monoisotopic (exact) mass is 326 g/mol. The molecule has 0 saturated heterocycles. The molecule has 0 radical (unpaired) electrons. The fourth-order valence-electron chi connectivity index (χ4n) is 2.66. The molecule has 2 heterocycles. The van der Waals surface area contributed by atoms with E-state index in [-0.39, 0.29) is 5.60 Å². The molecule has 2 rings (SSSR count). The van der Waals surface area contributed by atoms with Crippen molar-refractivity contribution in [3.8, 4) is 0 Å². The van der Waals surface area contributed by atoms with Crippen LogP contribution in [0.25, 0.3) is 5.76 Å². The molecular weight excluding hydrogens is 304 g/mol. The molecule has 0 aromatic carbocycles. The Labute approximate surface area is 124 Å². The average molecular weight is 327 g/mol. The van der Waals surface area contributed by atoms with Gasteiger partial charge < -0.3 is 9.15 Å². The van der Waals surface area contributed by atoms with Crippen LogP contribution in [0.3, 0.4) is 0 Å². The minimum Gasteiger partial charge on any atom is -0.482 e. The third kappa shape index (κ3) is 3.44. The van der Waals surface area contributed by atoms with Crippen molar-refractivity contribution in [3.63, 3.8) is 0 Å². The zero-order valence-corrected chi connectivity index (χ0v) is 13.5. The average Bonchev–Trinajstić information content (AvgIpc) is 3.02. The Hall–Kier alpha value is -0.700. The summed E-state index contributed by atoms with van der Waals surface area (Å²) in [4.78, 5) is 0. The molecule has 0 bridgehead atoms. The number of hydrogen-bond acceptors (Lipinski definition) is 2. The molecule has 0 unspecified atom stereocenters. The van der Waals surface area contributed by atoms with Crippen LogP contribution in [0, 0.1) is 0 Å². The summed E-state index contributed by atoms with van der Waals surface area (Å²) < 4.78 is 13.0. The normalized spacial score (nSPS) is 17.8. The first kappa shape index (κ1) is 14.7. The van der Waals surface area contributed by atoms with E-state index in [1.807, 2.05) is 12.1 Å². The Balaban J connectivity index is 2.11. The maximum absolute atomic E-state index is 6.35. The third-order valence-corrected chi connectivity index (χ3v) is 4.40. The van der Waals surface area contributed by atoms with Gasteiger partial charge in [0.15, 0.2) is 11.5 Å². The maximum Gasteiger partial charge on any atom is 0.172 e. The van der Waals surface area contributed by atoms with Crippen LogP contribution in [-0.2, 0) is 4.74 Å². The second kappa shape index (κ2) is 6.65. The Morgan fingerprint density at radius 2 is 1.89 bits per heavy atom. The molecule has 0 saturated carbocycles. The predicted octanol–water partition coefficient (Wildman–Crippen LogP) is 5.88. The van der Waals surface area contributed by atoms with Gasteiger partial charge in [-0.2, -0.15) is 0 Å². The molecule has 2 nitrogen and oxygen atoms in total. The summed E-state index contributed by atoms with van der Waals surface area (Å²) in [6, 6.07) is 3.87. The molecule has 1 aliphatic heterocycles. The van der Waals surface area contributed by atoms with Crippen LogP contribution in [-0.4, -0.2) is 5.60 Å². The van der Waals surface area contributed by atoms with E-state index < -0.39 is 0 Å². The lowest BCUT2D eigenvalue weighted by atomic mass is 9.88. The second-order valence-electron chi connectivity index (χ2n) is 5.38. The van der Waals surface area contributed by atoms with Crippen LogP contribution in [0.5, 0.6) is 0 Å². The van der Waals surface area contributed by atoms with E-state index in [1.54, 1.807) is 6.26 Å². The van der Waals surface area contributed by atoms with Crippen molar-refractivity contribution >= 4 is 21.7 Å². The van der Waals surface area contributed by atoms with Gasteiger partial charge in [-0.25, -0.2) is 0 Å². The lowest BCUT2D eigenvalue weighted by molar-refractivity contribution is 0.0356. The lowest BCUT2D eigenvalue weighted by Gasteiger charge is -2.29. The van der Waals surface area contributed by atoms with Crippen LogP contribution in [0.4, 0.5) is 0 Å². The molecule has 0 atom stereocenters. The van der Waals surface area contributed by atoms with Gasteiger partial charge in [0, 0.05) is 10.9 Å². The molecule has 0 fully saturated rings. The van der Waals surface area contributed by atoms with Crippen LogP contribution in [0.15, 0.2) is 27.3 Å². The van der Waals surface area contributed by atoms with Gasteiger partial charge in [-0.3, -0.25) is 0 Å². The van der Waals surface area contributed by atoms with Crippen molar-refractivity contribution in [2.24, 2.45) is 0 Å². The molecule has 1 aliphatic rings. The van der Waals surface area contributed by atoms with E-state index in [4.69, 9.17) is 9.15 Å². The molecule has 0 aliphatic carbocycles. The molecule has 19 heavy (non-hydrogen) atoms. The number of rotatable bonds is 7. The van der Waals surface area contributed by atoms with Crippen molar-refractivity contribution in [2.75, 3.05) is 0 Å². The zero-order valence-electron chi connectivity index (χ0n) is 11.9. The fourth-order valence-corrected chi connectivity index (χ4v) is 3.45. The number of hydrogen-bond donors (Lipinski definition) is 0. The molecule has 0 spiro atoms. The smallest absolute Gasteiger partial charge is 0.172 e. The Morgan fingerprint density at radius 3 is 2.42 bits per heavy atom. The maximum atomic E-state index is 6.35. The number of unbranched alkanes of at least 4 members (excludes halogenated alkanes) is 2. The molecule has 3 heteroatoms. The first-order valence-electron chi connectivity index (χ1n) is 7.32. The summed E-state index contributed by atoms with van der Waals surface area (Å²) in [5, 5.41) is 0. The number of halogens is 1. The largest absolute Gasteiger partial charge is 0.482 e. The SMILES string of the molecule is CCCCC1(CCCC)CC(Br)=C(c2ccco2)O1. The van der Waals surface area contributed by atoms with Gasteiger partial charge in [-0.05, 0) is 37.8 Å². The minimum absolute atomic E-state index is 0.0209. The first-order valence-corrected chi connectivity index (χ1v) is 8.11. The topological polar surface area (TPSA) is 22.4 Å². The summed E-state index contributed by atoms with van der Waals surface area (Å²) in [6.07, 6.45) is 9.79. The Bertz CT molecular complexity index is 412. The molecule has 0 N–H and O–H groups in total. The summed E-state index contributed by atoms with van der Waals surface area (Å²) in [5.41, 5.74) is -0.0209. The number of ether oxygens (including phenoxy) is 1. The van der Waals surface area contributed by atoms with Gasteiger partial charge in [0.2, 0.25) is 0 Å². The molecule has 0 amide bonds.